The molecule has 25 heavy (non-hydrogen) atoms. The average molecular weight is 344 g/mol. The first-order valence-corrected chi connectivity index (χ1v) is 8.15. The third kappa shape index (κ3) is 5.34. The number of rotatable bonds is 8. The number of hydrogen-bond acceptors (Lipinski definition) is 4. The van der Waals surface area contributed by atoms with Crippen molar-refractivity contribution >= 4 is 11.8 Å². The van der Waals surface area contributed by atoms with Gasteiger partial charge >= 0.3 is 0 Å². The second-order valence-electron chi connectivity index (χ2n) is 5.80. The van der Waals surface area contributed by atoms with E-state index in [1.807, 2.05) is 24.3 Å². The second-order valence-corrected chi connectivity index (χ2v) is 5.80. The minimum atomic E-state index is -0.438. The smallest absolute Gasteiger partial charge is 0.247 e. The molecule has 0 saturated heterocycles. The second kappa shape index (κ2) is 8.86. The summed E-state index contributed by atoms with van der Waals surface area (Å²) in [5, 5.41) is 6.89. The van der Waals surface area contributed by atoms with Crippen LogP contribution in [0.2, 0.25) is 0 Å². The van der Waals surface area contributed by atoms with Crippen molar-refractivity contribution in [3.05, 3.63) is 48.3 Å². The molecule has 0 aliphatic heterocycles. The van der Waals surface area contributed by atoms with Crippen LogP contribution in [0.5, 0.6) is 5.75 Å². The summed E-state index contributed by atoms with van der Waals surface area (Å²) in [5.41, 5.74) is 1.11. The lowest BCUT2D eigenvalue weighted by Crippen LogP contribution is -2.41. The molecule has 0 radical (unpaired) electrons. The van der Waals surface area contributed by atoms with Gasteiger partial charge in [-0.3, -0.25) is 14.3 Å². The Balaban J connectivity index is 1.74. The van der Waals surface area contributed by atoms with Crippen LogP contribution in [0.1, 0.15) is 18.5 Å². The predicted octanol–water partition coefficient (Wildman–Crippen LogP) is 1.27. The Morgan fingerprint density at radius 3 is 2.64 bits per heavy atom. The molecule has 0 aliphatic carbocycles. The molecule has 7 nitrogen and oxygen atoms in total. The third-order valence-electron chi connectivity index (χ3n) is 3.93. The number of benzene rings is 1. The number of likely N-dealkylation sites (N-methyl/N-ethyl adjacent to an activating group) is 1. The first kappa shape index (κ1) is 18.5. The zero-order valence-electron chi connectivity index (χ0n) is 14.8. The van der Waals surface area contributed by atoms with Gasteiger partial charge in [0.05, 0.1) is 13.7 Å². The van der Waals surface area contributed by atoms with Crippen LogP contribution in [-0.4, -0.2) is 53.7 Å². The van der Waals surface area contributed by atoms with Gasteiger partial charge in [-0.05, 0) is 37.1 Å². The lowest BCUT2D eigenvalue weighted by atomic mass is 10.1. The van der Waals surface area contributed by atoms with Gasteiger partial charge in [0.25, 0.3) is 0 Å². The summed E-state index contributed by atoms with van der Waals surface area (Å²) in [5.74, 6) is 0.463. The van der Waals surface area contributed by atoms with E-state index in [4.69, 9.17) is 4.74 Å². The normalized spacial score (nSPS) is 11.6. The summed E-state index contributed by atoms with van der Waals surface area (Å²) < 4.78 is 6.68. The average Bonchev–Trinajstić information content (AvgIpc) is 3.15. The number of amides is 2. The van der Waals surface area contributed by atoms with Crippen LogP contribution < -0.4 is 10.1 Å². The van der Waals surface area contributed by atoms with Gasteiger partial charge in [-0.2, -0.15) is 5.10 Å². The van der Waals surface area contributed by atoms with Crippen molar-refractivity contribution in [2.45, 2.75) is 19.4 Å². The summed E-state index contributed by atoms with van der Waals surface area (Å²) in [6.07, 6.45) is 4.07. The van der Waals surface area contributed by atoms with E-state index in [1.54, 1.807) is 44.2 Å². The van der Waals surface area contributed by atoms with Crippen molar-refractivity contribution in [2.75, 3.05) is 27.2 Å². The van der Waals surface area contributed by atoms with Gasteiger partial charge in [-0.25, -0.2) is 0 Å². The maximum atomic E-state index is 12.3. The fourth-order valence-electron chi connectivity index (χ4n) is 2.43. The monoisotopic (exact) mass is 344 g/mol. The van der Waals surface area contributed by atoms with Crippen molar-refractivity contribution < 1.29 is 14.3 Å². The lowest BCUT2D eigenvalue weighted by molar-refractivity contribution is -0.137. The van der Waals surface area contributed by atoms with Crippen LogP contribution in [-0.2, 0) is 16.0 Å². The Labute approximate surface area is 147 Å². The minimum Gasteiger partial charge on any atom is -0.497 e. The van der Waals surface area contributed by atoms with Gasteiger partial charge in [0, 0.05) is 26.0 Å². The highest BCUT2D eigenvalue weighted by atomic mass is 16.5. The molecule has 1 N–H and O–H groups in total. The van der Waals surface area contributed by atoms with Crippen LogP contribution >= 0.6 is 0 Å². The highest BCUT2D eigenvalue weighted by Gasteiger charge is 2.20. The molecule has 1 aromatic heterocycles. The molecule has 2 aromatic rings. The molecule has 1 unspecified atom stereocenters. The molecule has 0 saturated carbocycles. The van der Waals surface area contributed by atoms with Gasteiger partial charge in [0.1, 0.15) is 11.8 Å². The lowest BCUT2D eigenvalue weighted by Gasteiger charge is -2.21. The SMILES string of the molecule is COc1ccc(CCNC(=O)CN(C)C(=O)C(C)n2cccn2)cc1. The maximum Gasteiger partial charge on any atom is 0.247 e. The van der Waals surface area contributed by atoms with Crippen LogP contribution in [0, 0.1) is 0 Å². The highest BCUT2D eigenvalue weighted by molar-refractivity contribution is 5.86. The highest BCUT2D eigenvalue weighted by Crippen LogP contribution is 2.11. The number of nitrogens with one attached hydrogen (secondary N) is 1. The summed E-state index contributed by atoms with van der Waals surface area (Å²) in [7, 11) is 3.24. The molecule has 0 bridgehead atoms. The van der Waals surface area contributed by atoms with Crippen LogP contribution in [0.15, 0.2) is 42.7 Å². The molecule has 0 spiro atoms. The van der Waals surface area contributed by atoms with E-state index in [9.17, 15) is 9.59 Å². The van der Waals surface area contributed by atoms with Gasteiger partial charge in [-0.1, -0.05) is 12.1 Å². The zero-order chi connectivity index (χ0) is 18.2. The van der Waals surface area contributed by atoms with Crippen molar-refractivity contribution in [3.8, 4) is 5.75 Å². The Bertz CT molecular complexity index is 683. The van der Waals surface area contributed by atoms with Gasteiger partial charge in [0.2, 0.25) is 11.8 Å². The first-order valence-electron chi connectivity index (χ1n) is 8.15. The molecular weight excluding hydrogens is 320 g/mol. The maximum absolute atomic E-state index is 12.3. The van der Waals surface area contributed by atoms with E-state index >= 15 is 0 Å². The number of hydrogen-bond donors (Lipinski definition) is 1. The van der Waals surface area contributed by atoms with E-state index in [0.717, 1.165) is 17.7 Å². The summed E-state index contributed by atoms with van der Waals surface area (Å²) in [4.78, 5) is 25.7. The van der Waals surface area contributed by atoms with E-state index in [1.165, 1.54) is 4.90 Å². The number of ether oxygens (including phenoxy) is 1. The standard InChI is InChI=1S/C18H24N4O3/c1-14(22-12-4-10-20-22)18(24)21(2)13-17(23)19-11-9-15-5-7-16(25-3)8-6-15/h4-8,10,12,14H,9,11,13H2,1-3H3,(H,19,23). The van der Waals surface area contributed by atoms with Crippen LogP contribution in [0.25, 0.3) is 0 Å². The molecule has 1 aromatic carbocycles. The number of carbonyl (C=O) groups is 2. The number of aromatic nitrogens is 2. The van der Waals surface area contributed by atoms with Crippen molar-refractivity contribution in [3.63, 3.8) is 0 Å². The molecule has 0 aliphatic rings. The fraction of sp³-hybridized carbons (Fsp3) is 0.389. The van der Waals surface area contributed by atoms with Crippen LogP contribution in [0.3, 0.4) is 0 Å². The van der Waals surface area contributed by atoms with Gasteiger partial charge in [-0.15, -0.1) is 0 Å². The quantitative estimate of drug-likeness (QED) is 0.782. The number of carbonyl (C=O) groups excluding carboxylic acids is 2. The Kier molecular flexibility index (Phi) is 6.56. The zero-order valence-corrected chi connectivity index (χ0v) is 14.8. The number of nitrogens with zero attached hydrogens (tertiary/aromatic N) is 3. The van der Waals surface area contributed by atoms with Gasteiger partial charge < -0.3 is 15.0 Å². The van der Waals surface area contributed by atoms with Crippen molar-refractivity contribution in [1.29, 1.82) is 0 Å². The summed E-state index contributed by atoms with van der Waals surface area (Å²) in [6, 6.07) is 9.03. The predicted molar refractivity (Wildman–Crippen MR) is 94.3 cm³/mol. The Hall–Kier alpha value is -2.83. The molecule has 2 amide bonds. The Morgan fingerprint density at radius 1 is 1.32 bits per heavy atom. The minimum absolute atomic E-state index is 0.0209. The molecular formula is C18H24N4O3. The van der Waals surface area contributed by atoms with E-state index in [-0.39, 0.29) is 18.4 Å². The topological polar surface area (TPSA) is 76.5 Å². The molecule has 1 atom stereocenters. The third-order valence-corrected chi connectivity index (χ3v) is 3.93. The summed E-state index contributed by atoms with van der Waals surface area (Å²) in [6.45, 7) is 2.29. The molecule has 134 valence electrons. The Morgan fingerprint density at radius 2 is 2.04 bits per heavy atom. The molecule has 1 heterocycles. The van der Waals surface area contributed by atoms with Gasteiger partial charge in [0.15, 0.2) is 0 Å². The fourth-order valence-corrected chi connectivity index (χ4v) is 2.43. The van der Waals surface area contributed by atoms with E-state index < -0.39 is 6.04 Å². The van der Waals surface area contributed by atoms with Crippen molar-refractivity contribution in [1.82, 2.24) is 20.0 Å². The van der Waals surface area contributed by atoms with Crippen molar-refractivity contribution in [2.24, 2.45) is 0 Å². The largest absolute Gasteiger partial charge is 0.497 e. The number of methoxy groups -OCH3 is 1. The van der Waals surface area contributed by atoms with E-state index in [2.05, 4.69) is 10.4 Å². The molecule has 7 heteroatoms. The summed E-state index contributed by atoms with van der Waals surface area (Å²) >= 11 is 0. The van der Waals surface area contributed by atoms with Crippen LogP contribution in [0.4, 0.5) is 0 Å². The molecule has 0 fully saturated rings. The molecule has 2 rings (SSSR count). The van der Waals surface area contributed by atoms with E-state index in [0.29, 0.717) is 6.54 Å². The first-order chi connectivity index (χ1) is 12.0.